The first kappa shape index (κ1) is 11.4. The molecule has 2 rings (SSSR count). The van der Waals surface area contributed by atoms with E-state index >= 15 is 0 Å². The summed E-state index contributed by atoms with van der Waals surface area (Å²) in [6, 6.07) is 0.622. The van der Waals surface area contributed by atoms with E-state index in [0.29, 0.717) is 17.6 Å². The van der Waals surface area contributed by atoms with E-state index in [1.807, 2.05) is 0 Å². The van der Waals surface area contributed by atoms with E-state index in [1.165, 1.54) is 45.1 Å². The van der Waals surface area contributed by atoms with E-state index in [4.69, 9.17) is 4.74 Å². The predicted molar refractivity (Wildman–Crippen MR) is 63.0 cm³/mol. The summed E-state index contributed by atoms with van der Waals surface area (Å²) >= 11 is 0. The zero-order valence-electron chi connectivity index (χ0n) is 10.2. The van der Waals surface area contributed by atoms with Crippen molar-refractivity contribution in [3.8, 4) is 0 Å². The molecule has 1 heterocycles. The van der Waals surface area contributed by atoms with Gasteiger partial charge < -0.3 is 10.1 Å². The third-order valence-corrected chi connectivity index (χ3v) is 4.17. The Bertz CT molecular complexity index is 195. The summed E-state index contributed by atoms with van der Waals surface area (Å²) in [7, 11) is 0. The van der Waals surface area contributed by atoms with Crippen molar-refractivity contribution in [3.63, 3.8) is 0 Å². The molecule has 0 amide bonds. The molecule has 1 aliphatic heterocycles. The summed E-state index contributed by atoms with van der Waals surface area (Å²) in [5, 5.41) is 3.68. The largest absolute Gasteiger partial charge is 0.378 e. The Hall–Kier alpha value is -0.0800. The van der Waals surface area contributed by atoms with Gasteiger partial charge in [-0.15, -0.1) is 0 Å². The lowest BCUT2D eigenvalue weighted by Gasteiger charge is -2.21. The second-order valence-corrected chi connectivity index (χ2v) is 5.51. The van der Waals surface area contributed by atoms with Crippen molar-refractivity contribution in [2.45, 2.75) is 64.5 Å². The second-order valence-electron chi connectivity index (χ2n) is 5.51. The molecule has 2 unspecified atom stereocenters. The Balaban J connectivity index is 1.61. The zero-order chi connectivity index (χ0) is 10.7. The quantitative estimate of drug-likeness (QED) is 0.729. The van der Waals surface area contributed by atoms with Crippen molar-refractivity contribution >= 4 is 0 Å². The highest BCUT2D eigenvalue weighted by atomic mass is 16.5. The van der Waals surface area contributed by atoms with E-state index < -0.39 is 0 Å². The molecule has 15 heavy (non-hydrogen) atoms. The van der Waals surface area contributed by atoms with Crippen molar-refractivity contribution < 1.29 is 4.74 Å². The number of rotatable bonds is 6. The summed E-state index contributed by atoms with van der Waals surface area (Å²) in [5.41, 5.74) is 0.671. The van der Waals surface area contributed by atoms with Crippen molar-refractivity contribution in [2.75, 3.05) is 13.2 Å². The van der Waals surface area contributed by atoms with Gasteiger partial charge in [0.2, 0.25) is 0 Å². The molecule has 1 saturated carbocycles. The summed E-state index contributed by atoms with van der Waals surface area (Å²) in [4.78, 5) is 0. The molecule has 2 heteroatoms. The van der Waals surface area contributed by atoms with E-state index in [9.17, 15) is 0 Å². The van der Waals surface area contributed by atoms with Gasteiger partial charge >= 0.3 is 0 Å². The standard InChI is InChI=1S/C13H25NO/c1-3-13(6-7-13)10-14-11(2)9-12-5-4-8-15-12/h11-12,14H,3-10H2,1-2H3. The molecule has 0 aromatic heterocycles. The van der Waals surface area contributed by atoms with Gasteiger partial charge in [-0.1, -0.05) is 6.92 Å². The smallest absolute Gasteiger partial charge is 0.0590 e. The van der Waals surface area contributed by atoms with E-state index in [1.54, 1.807) is 0 Å². The molecule has 0 radical (unpaired) electrons. The Morgan fingerprint density at radius 1 is 1.47 bits per heavy atom. The van der Waals surface area contributed by atoms with Crippen LogP contribution in [0.3, 0.4) is 0 Å². The minimum Gasteiger partial charge on any atom is -0.378 e. The van der Waals surface area contributed by atoms with Gasteiger partial charge in [-0.05, 0) is 50.9 Å². The fraction of sp³-hybridized carbons (Fsp3) is 1.00. The van der Waals surface area contributed by atoms with E-state index in [-0.39, 0.29) is 0 Å². The van der Waals surface area contributed by atoms with Gasteiger partial charge in [0.15, 0.2) is 0 Å². The molecule has 0 bridgehead atoms. The van der Waals surface area contributed by atoms with Crippen LogP contribution < -0.4 is 5.32 Å². The molecule has 2 nitrogen and oxygen atoms in total. The highest BCUT2D eigenvalue weighted by Gasteiger charge is 2.40. The summed E-state index contributed by atoms with van der Waals surface area (Å²) < 4.78 is 5.66. The van der Waals surface area contributed by atoms with Gasteiger partial charge in [-0.2, -0.15) is 0 Å². The lowest BCUT2D eigenvalue weighted by molar-refractivity contribution is 0.0956. The van der Waals surface area contributed by atoms with Crippen LogP contribution in [0, 0.1) is 5.41 Å². The molecule has 0 aromatic carbocycles. The first-order chi connectivity index (χ1) is 7.24. The molecule has 0 aromatic rings. The Morgan fingerprint density at radius 3 is 2.80 bits per heavy atom. The fourth-order valence-corrected chi connectivity index (χ4v) is 2.53. The van der Waals surface area contributed by atoms with Crippen LogP contribution in [0.15, 0.2) is 0 Å². The normalized spacial score (nSPS) is 30.4. The Labute approximate surface area is 93.8 Å². The highest BCUT2D eigenvalue weighted by molar-refractivity contribution is 4.94. The molecule has 1 aliphatic carbocycles. The second kappa shape index (κ2) is 4.84. The minimum absolute atomic E-state index is 0.532. The van der Waals surface area contributed by atoms with Crippen LogP contribution in [0.1, 0.15) is 52.4 Å². The molecule has 2 atom stereocenters. The topological polar surface area (TPSA) is 21.3 Å². The molecular weight excluding hydrogens is 186 g/mol. The number of hydrogen-bond acceptors (Lipinski definition) is 2. The van der Waals surface area contributed by atoms with Crippen LogP contribution in [0.4, 0.5) is 0 Å². The maximum atomic E-state index is 5.66. The van der Waals surface area contributed by atoms with Gasteiger partial charge in [-0.3, -0.25) is 0 Å². The molecule has 2 aliphatic rings. The summed E-state index contributed by atoms with van der Waals surface area (Å²) in [5.74, 6) is 0. The molecular formula is C13H25NO. The van der Waals surface area contributed by atoms with Crippen LogP contribution in [0.5, 0.6) is 0 Å². The van der Waals surface area contributed by atoms with Crippen molar-refractivity contribution in [3.05, 3.63) is 0 Å². The minimum atomic E-state index is 0.532. The number of ether oxygens (including phenoxy) is 1. The average Bonchev–Trinajstić information content (AvgIpc) is 2.86. The van der Waals surface area contributed by atoms with Crippen LogP contribution >= 0.6 is 0 Å². The third-order valence-electron chi connectivity index (χ3n) is 4.17. The number of hydrogen-bond donors (Lipinski definition) is 1. The Morgan fingerprint density at radius 2 is 2.27 bits per heavy atom. The SMILES string of the molecule is CCC1(CNC(C)CC2CCCO2)CC1. The van der Waals surface area contributed by atoms with Gasteiger partial charge in [0.05, 0.1) is 6.10 Å². The van der Waals surface area contributed by atoms with Gasteiger partial charge in [0.25, 0.3) is 0 Å². The highest BCUT2D eigenvalue weighted by Crippen LogP contribution is 2.47. The third kappa shape index (κ3) is 3.18. The van der Waals surface area contributed by atoms with Gasteiger partial charge in [-0.25, -0.2) is 0 Å². The number of nitrogens with one attached hydrogen (secondary N) is 1. The van der Waals surface area contributed by atoms with Crippen molar-refractivity contribution in [2.24, 2.45) is 5.41 Å². The fourth-order valence-electron chi connectivity index (χ4n) is 2.53. The lowest BCUT2D eigenvalue weighted by atomic mass is 10.0. The van der Waals surface area contributed by atoms with Crippen molar-refractivity contribution in [1.82, 2.24) is 5.32 Å². The van der Waals surface area contributed by atoms with E-state index in [0.717, 1.165) is 6.61 Å². The maximum absolute atomic E-state index is 5.66. The van der Waals surface area contributed by atoms with Crippen LogP contribution in [-0.2, 0) is 4.74 Å². The molecule has 2 fully saturated rings. The lowest BCUT2D eigenvalue weighted by Crippen LogP contribution is -2.34. The van der Waals surface area contributed by atoms with Gasteiger partial charge in [0.1, 0.15) is 0 Å². The summed E-state index contributed by atoms with van der Waals surface area (Å²) in [6.07, 6.45) is 8.46. The first-order valence-corrected chi connectivity index (χ1v) is 6.59. The molecule has 0 spiro atoms. The van der Waals surface area contributed by atoms with Crippen LogP contribution in [0.25, 0.3) is 0 Å². The maximum Gasteiger partial charge on any atom is 0.0590 e. The monoisotopic (exact) mass is 211 g/mol. The van der Waals surface area contributed by atoms with Crippen LogP contribution in [0.2, 0.25) is 0 Å². The zero-order valence-corrected chi connectivity index (χ0v) is 10.2. The Kier molecular flexibility index (Phi) is 3.68. The predicted octanol–water partition coefficient (Wildman–Crippen LogP) is 2.72. The molecule has 1 saturated heterocycles. The molecule has 1 N–H and O–H groups in total. The molecule has 88 valence electrons. The van der Waals surface area contributed by atoms with E-state index in [2.05, 4.69) is 19.2 Å². The van der Waals surface area contributed by atoms with Gasteiger partial charge in [0, 0.05) is 19.2 Å². The average molecular weight is 211 g/mol. The van der Waals surface area contributed by atoms with Crippen LogP contribution in [-0.4, -0.2) is 25.3 Å². The first-order valence-electron chi connectivity index (χ1n) is 6.59. The van der Waals surface area contributed by atoms with Crippen molar-refractivity contribution in [1.29, 1.82) is 0 Å². The summed E-state index contributed by atoms with van der Waals surface area (Å²) in [6.45, 7) is 6.82.